The summed E-state index contributed by atoms with van der Waals surface area (Å²) in [5.74, 6) is -1.46. The molecule has 1 N–H and O–H groups in total. The molecule has 2 aromatic rings. The molecule has 0 heterocycles. The van der Waals surface area contributed by atoms with Crippen LogP contribution in [0.1, 0.15) is 15.9 Å². The van der Waals surface area contributed by atoms with Gasteiger partial charge in [0.05, 0.1) is 4.92 Å². The molecule has 0 atom stereocenters. The Bertz CT molecular complexity index is 730. The van der Waals surface area contributed by atoms with Crippen LogP contribution < -0.4 is 10.2 Å². The number of rotatable bonds is 5. The predicted octanol–water partition coefficient (Wildman–Crippen LogP) is 2.73. The van der Waals surface area contributed by atoms with Gasteiger partial charge in [-0.05, 0) is 29.8 Å². The fraction of sp³-hybridized carbons (Fsp3) is 0.188. The van der Waals surface area contributed by atoms with Gasteiger partial charge in [-0.3, -0.25) is 14.9 Å². The van der Waals surface area contributed by atoms with E-state index in [4.69, 9.17) is 0 Å². The van der Waals surface area contributed by atoms with Crippen molar-refractivity contribution in [2.24, 2.45) is 0 Å². The Morgan fingerprint density at radius 1 is 1.22 bits per heavy atom. The molecule has 0 spiro atoms. The van der Waals surface area contributed by atoms with E-state index < -0.39 is 22.3 Å². The second kappa shape index (κ2) is 6.87. The lowest BCUT2D eigenvalue weighted by Crippen LogP contribution is -2.23. The third kappa shape index (κ3) is 4.03. The molecule has 0 aliphatic rings. The molecule has 23 heavy (non-hydrogen) atoms. The van der Waals surface area contributed by atoms with E-state index in [1.165, 1.54) is 6.07 Å². The van der Waals surface area contributed by atoms with Crippen molar-refractivity contribution in [2.75, 3.05) is 19.0 Å². The van der Waals surface area contributed by atoms with Gasteiger partial charge in [-0.15, -0.1) is 0 Å². The smallest absolute Gasteiger partial charge is 0.305 e. The van der Waals surface area contributed by atoms with Crippen molar-refractivity contribution >= 4 is 17.3 Å². The van der Waals surface area contributed by atoms with Gasteiger partial charge < -0.3 is 10.2 Å². The van der Waals surface area contributed by atoms with E-state index in [1.54, 1.807) is 0 Å². The highest BCUT2D eigenvalue weighted by atomic mass is 19.1. The Balaban J connectivity index is 2.05. The summed E-state index contributed by atoms with van der Waals surface area (Å²) in [6.07, 6.45) is 0. The van der Waals surface area contributed by atoms with Gasteiger partial charge in [-0.1, -0.05) is 12.1 Å². The van der Waals surface area contributed by atoms with Gasteiger partial charge in [0, 0.05) is 38.0 Å². The third-order valence-electron chi connectivity index (χ3n) is 3.31. The minimum atomic E-state index is -0.967. The van der Waals surface area contributed by atoms with E-state index in [0.29, 0.717) is 0 Å². The highest BCUT2D eigenvalue weighted by Crippen LogP contribution is 2.18. The van der Waals surface area contributed by atoms with E-state index in [-0.39, 0.29) is 12.1 Å². The first-order chi connectivity index (χ1) is 10.9. The first kappa shape index (κ1) is 16.4. The van der Waals surface area contributed by atoms with Crippen LogP contribution in [-0.4, -0.2) is 24.9 Å². The van der Waals surface area contributed by atoms with Gasteiger partial charge in [0.2, 0.25) is 5.82 Å². The second-order valence-electron chi connectivity index (χ2n) is 5.17. The molecule has 0 radical (unpaired) electrons. The van der Waals surface area contributed by atoms with Gasteiger partial charge in [-0.2, -0.15) is 4.39 Å². The SMILES string of the molecule is CN(C)c1ccc(CNC(=O)c2ccc(F)c([N+](=O)[O-])c2)cc1. The van der Waals surface area contributed by atoms with Gasteiger partial charge in [-0.25, -0.2) is 0 Å². The number of nitrogens with zero attached hydrogens (tertiary/aromatic N) is 2. The number of anilines is 1. The van der Waals surface area contributed by atoms with E-state index in [2.05, 4.69) is 5.32 Å². The van der Waals surface area contributed by atoms with Crippen molar-refractivity contribution in [3.05, 3.63) is 69.5 Å². The standard InChI is InChI=1S/C16H16FN3O3/c1-19(2)13-6-3-11(4-7-13)10-18-16(21)12-5-8-14(17)15(9-12)20(22)23/h3-9H,10H2,1-2H3,(H,18,21). The number of nitro benzene ring substituents is 1. The first-order valence-electron chi connectivity index (χ1n) is 6.87. The van der Waals surface area contributed by atoms with E-state index in [0.717, 1.165) is 23.4 Å². The normalized spacial score (nSPS) is 10.2. The molecular formula is C16H16FN3O3. The van der Waals surface area contributed by atoms with Gasteiger partial charge in [0.25, 0.3) is 5.91 Å². The van der Waals surface area contributed by atoms with Gasteiger partial charge in [0.15, 0.2) is 0 Å². The number of hydrogen-bond acceptors (Lipinski definition) is 4. The largest absolute Gasteiger partial charge is 0.378 e. The average Bonchev–Trinajstić information content (AvgIpc) is 2.53. The Kier molecular flexibility index (Phi) is 4.90. The molecule has 0 unspecified atom stereocenters. The lowest BCUT2D eigenvalue weighted by Gasteiger charge is -2.13. The molecule has 6 nitrogen and oxygen atoms in total. The summed E-state index contributed by atoms with van der Waals surface area (Å²) in [7, 11) is 3.86. The number of halogens is 1. The molecule has 0 fully saturated rings. The summed E-state index contributed by atoms with van der Waals surface area (Å²) >= 11 is 0. The number of carbonyl (C=O) groups excluding carboxylic acids is 1. The van der Waals surface area contributed by atoms with Crippen molar-refractivity contribution in [1.29, 1.82) is 0 Å². The maximum atomic E-state index is 13.3. The number of hydrogen-bond donors (Lipinski definition) is 1. The lowest BCUT2D eigenvalue weighted by molar-refractivity contribution is -0.387. The van der Waals surface area contributed by atoms with E-state index >= 15 is 0 Å². The molecule has 7 heteroatoms. The summed E-state index contributed by atoms with van der Waals surface area (Å²) in [5, 5.41) is 13.3. The van der Waals surface area contributed by atoms with E-state index in [9.17, 15) is 19.3 Å². The van der Waals surface area contributed by atoms with Crippen molar-refractivity contribution in [3.8, 4) is 0 Å². The van der Waals surface area contributed by atoms with Crippen molar-refractivity contribution in [2.45, 2.75) is 6.54 Å². The fourth-order valence-corrected chi connectivity index (χ4v) is 1.99. The number of benzene rings is 2. The molecule has 0 saturated heterocycles. The molecule has 0 saturated carbocycles. The lowest BCUT2D eigenvalue weighted by atomic mass is 10.1. The second-order valence-corrected chi connectivity index (χ2v) is 5.17. The predicted molar refractivity (Wildman–Crippen MR) is 85.0 cm³/mol. The quantitative estimate of drug-likeness (QED) is 0.679. The van der Waals surface area contributed by atoms with E-state index in [1.807, 2.05) is 43.3 Å². The highest BCUT2D eigenvalue weighted by Gasteiger charge is 2.17. The number of amides is 1. The summed E-state index contributed by atoms with van der Waals surface area (Å²) in [4.78, 5) is 23.8. The summed E-state index contributed by atoms with van der Waals surface area (Å²) in [5.41, 5.74) is 1.26. The zero-order valence-electron chi connectivity index (χ0n) is 12.7. The Morgan fingerprint density at radius 2 is 1.87 bits per heavy atom. The summed E-state index contributed by atoms with van der Waals surface area (Å²) in [6, 6.07) is 10.7. The minimum Gasteiger partial charge on any atom is -0.378 e. The first-order valence-corrected chi connectivity index (χ1v) is 6.87. The molecule has 1 amide bonds. The Morgan fingerprint density at radius 3 is 2.43 bits per heavy atom. The maximum absolute atomic E-state index is 13.3. The molecule has 0 aliphatic heterocycles. The number of nitro groups is 1. The van der Waals surface area contributed by atoms with Crippen molar-refractivity contribution in [3.63, 3.8) is 0 Å². The Labute approximate surface area is 132 Å². The monoisotopic (exact) mass is 317 g/mol. The molecule has 120 valence electrons. The van der Waals surface area contributed by atoms with Crippen LogP contribution in [0.5, 0.6) is 0 Å². The maximum Gasteiger partial charge on any atom is 0.305 e. The molecule has 0 aliphatic carbocycles. The van der Waals surface area contributed by atoms with Crippen molar-refractivity contribution < 1.29 is 14.1 Å². The number of nitrogens with one attached hydrogen (secondary N) is 1. The van der Waals surface area contributed by atoms with Crippen molar-refractivity contribution in [1.82, 2.24) is 5.32 Å². The van der Waals surface area contributed by atoms with Crippen LogP contribution >= 0.6 is 0 Å². The molecule has 2 rings (SSSR count). The molecule has 0 aromatic heterocycles. The number of carbonyl (C=O) groups is 1. The topological polar surface area (TPSA) is 75.5 Å². The zero-order chi connectivity index (χ0) is 17.0. The fourth-order valence-electron chi connectivity index (χ4n) is 1.99. The summed E-state index contributed by atoms with van der Waals surface area (Å²) < 4.78 is 13.3. The molecular weight excluding hydrogens is 301 g/mol. The van der Waals surface area contributed by atoms with Crippen LogP contribution in [0, 0.1) is 15.9 Å². The van der Waals surface area contributed by atoms with Gasteiger partial charge in [0.1, 0.15) is 0 Å². The van der Waals surface area contributed by atoms with Crippen LogP contribution in [0.25, 0.3) is 0 Å². The third-order valence-corrected chi connectivity index (χ3v) is 3.31. The van der Waals surface area contributed by atoms with Gasteiger partial charge >= 0.3 is 5.69 Å². The highest BCUT2D eigenvalue weighted by molar-refractivity contribution is 5.94. The molecule has 0 bridgehead atoms. The van der Waals surface area contributed by atoms with Crippen LogP contribution in [0.15, 0.2) is 42.5 Å². The summed E-state index contributed by atoms with van der Waals surface area (Å²) in [6.45, 7) is 0.276. The van der Waals surface area contributed by atoms with Crippen LogP contribution in [-0.2, 0) is 6.54 Å². The van der Waals surface area contributed by atoms with Crippen LogP contribution in [0.2, 0.25) is 0 Å². The average molecular weight is 317 g/mol. The minimum absolute atomic E-state index is 0.0445. The Hall–Kier alpha value is -2.96. The zero-order valence-corrected chi connectivity index (χ0v) is 12.7. The van der Waals surface area contributed by atoms with Crippen LogP contribution in [0.3, 0.4) is 0 Å². The van der Waals surface area contributed by atoms with Crippen LogP contribution in [0.4, 0.5) is 15.8 Å². The molecule has 2 aromatic carbocycles.